The van der Waals surface area contributed by atoms with Gasteiger partial charge in [0.25, 0.3) is 0 Å². The minimum atomic E-state index is -0.386. The van der Waals surface area contributed by atoms with Crippen LogP contribution in [0.3, 0.4) is 0 Å². The molecule has 1 spiro atoms. The second-order valence-electron chi connectivity index (χ2n) is 8.79. The van der Waals surface area contributed by atoms with Gasteiger partial charge in [-0.3, -0.25) is 14.4 Å². The first-order chi connectivity index (χ1) is 15.0. The molecule has 1 aromatic rings. The summed E-state index contributed by atoms with van der Waals surface area (Å²) in [6.45, 7) is 1.92. The van der Waals surface area contributed by atoms with Gasteiger partial charge in [-0.15, -0.1) is 0 Å². The number of likely N-dealkylation sites (tertiary alicyclic amines) is 1. The van der Waals surface area contributed by atoms with E-state index in [0.29, 0.717) is 26.2 Å². The van der Waals surface area contributed by atoms with Crippen molar-refractivity contribution in [3.05, 3.63) is 24.3 Å². The van der Waals surface area contributed by atoms with Crippen molar-refractivity contribution >= 4 is 23.4 Å². The molecule has 3 amide bonds. The molecule has 3 fully saturated rings. The lowest BCUT2D eigenvalue weighted by molar-refractivity contribution is -0.142. The molecule has 8 nitrogen and oxygen atoms in total. The van der Waals surface area contributed by atoms with E-state index >= 15 is 0 Å². The van der Waals surface area contributed by atoms with Crippen molar-refractivity contribution in [2.24, 2.45) is 5.92 Å². The van der Waals surface area contributed by atoms with Crippen molar-refractivity contribution in [1.82, 2.24) is 9.80 Å². The Hall–Kier alpha value is -2.61. The standard InChI is InChI=1S/C23H31N3O5/c1-30-12-11-24-14-17(13-20(24)27)22(29)25-15-21(28)26(23(16-25)9-3-4-10-23)18-5-7-19(31-2)8-6-18/h5-8,17H,3-4,9-16H2,1-2H3/t17-/m0/s1. The fraction of sp³-hybridized carbons (Fsp3) is 0.609. The topological polar surface area (TPSA) is 79.4 Å². The van der Waals surface area contributed by atoms with Gasteiger partial charge in [0.1, 0.15) is 12.3 Å². The molecule has 1 aromatic carbocycles. The lowest BCUT2D eigenvalue weighted by atomic mass is 9.89. The molecule has 0 radical (unpaired) electrons. The van der Waals surface area contributed by atoms with Gasteiger partial charge >= 0.3 is 0 Å². The number of hydrogen-bond acceptors (Lipinski definition) is 5. The zero-order valence-corrected chi connectivity index (χ0v) is 18.3. The molecule has 0 aromatic heterocycles. The van der Waals surface area contributed by atoms with Crippen LogP contribution in [-0.4, -0.2) is 80.1 Å². The van der Waals surface area contributed by atoms with Crippen LogP contribution in [0.2, 0.25) is 0 Å². The molecule has 1 saturated carbocycles. The summed E-state index contributed by atoms with van der Waals surface area (Å²) in [5, 5.41) is 0. The van der Waals surface area contributed by atoms with E-state index in [9.17, 15) is 14.4 Å². The van der Waals surface area contributed by atoms with Gasteiger partial charge in [-0.1, -0.05) is 12.8 Å². The quantitative estimate of drug-likeness (QED) is 0.688. The third kappa shape index (κ3) is 4.13. The van der Waals surface area contributed by atoms with Crippen LogP contribution >= 0.6 is 0 Å². The molecule has 168 valence electrons. The number of anilines is 1. The Morgan fingerprint density at radius 3 is 2.45 bits per heavy atom. The molecule has 2 saturated heterocycles. The molecule has 31 heavy (non-hydrogen) atoms. The third-order valence-electron chi connectivity index (χ3n) is 6.84. The van der Waals surface area contributed by atoms with Crippen LogP contribution in [0.1, 0.15) is 32.1 Å². The van der Waals surface area contributed by atoms with Crippen LogP contribution in [0.15, 0.2) is 24.3 Å². The fourth-order valence-corrected chi connectivity index (χ4v) is 5.31. The summed E-state index contributed by atoms with van der Waals surface area (Å²) in [7, 11) is 3.21. The first kappa shape index (κ1) is 21.6. The second-order valence-corrected chi connectivity index (χ2v) is 8.79. The van der Waals surface area contributed by atoms with E-state index in [1.165, 1.54) is 0 Å². The summed E-state index contributed by atoms with van der Waals surface area (Å²) >= 11 is 0. The Balaban J connectivity index is 1.52. The summed E-state index contributed by atoms with van der Waals surface area (Å²) in [6.07, 6.45) is 4.03. The summed E-state index contributed by atoms with van der Waals surface area (Å²) in [5.74, 6) is 0.196. The van der Waals surface area contributed by atoms with Crippen molar-refractivity contribution in [3.63, 3.8) is 0 Å². The highest BCUT2D eigenvalue weighted by molar-refractivity contribution is 6.00. The van der Waals surface area contributed by atoms with Crippen LogP contribution in [-0.2, 0) is 19.1 Å². The van der Waals surface area contributed by atoms with Crippen molar-refractivity contribution in [2.75, 3.05) is 51.9 Å². The Morgan fingerprint density at radius 2 is 1.81 bits per heavy atom. The Bertz CT molecular complexity index is 834. The summed E-state index contributed by atoms with van der Waals surface area (Å²) in [4.78, 5) is 44.2. The normalized spacial score (nSPS) is 23.2. The molecule has 1 atom stereocenters. The molecule has 0 N–H and O–H groups in total. The molecule has 2 aliphatic heterocycles. The van der Waals surface area contributed by atoms with Gasteiger partial charge in [-0.2, -0.15) is 0 Å². The lowest BCUT2D eigenvalue weighted by Crippen LogP contribution is -2.65. The van der Waals surface area contributed by atoms with Crippen molar-refractivity contribution in [3.8, 4) is 5.75 Å². The zero-order chi connectivity index (χ0) is 22.0. The van der Waals surface area contributed by atoms with E-state index in [-0.39, 0.29) is 42.1 Å². The van der Waals surface area contributed by atoms with Gasteiger partial charge in [-0.05, 0) is 37.1 Å². The minimum Gasteiger partial charge on any atom is -0.497 e. The molecule has 1 aliphatic carbocycles. The second kappa shape index (κ2) is 8.86. The lowest BCUT2D eigenvalue weighted by Gasteiger charge is -2.49. The van der Waals surface area contributed by atoms with E-state index in [1.807, 2.05) is 29.2 Å². The van der Waals surface area contributed by atoms with E-state index < -0.39 is 0 Å². The van der Waals surface area contributed by atoms with Crippen molar-refractivity contribution < 1.29 is 23.9 Å². The minimum absolute atomic E-state index is 0.0193. The fourth-order valence-electron chi connectivity index (χ4n) is 5.31. The number of carbonyl (C=O) groups excluding carboxylic acids is 3. The summed E-state index contributed by atoms with van der Waals surface area (Å²) in [6, 6.07) is 7.55. The highest BCUT2D eigenvalue weighted by atomic mass is 16.5. The summed E-state index contributed by atoms with van der Waals surface area (Å²) in [5.41, 5.74) is 0.472. The highest BCUT2D eigenvalue weighted by Gasteiger charge is 2.50. The predicted molar refractivity (Wildman–Crippen MR) is 115 cm³/mol. The van der Waals surface area contributed by atoms with E-state index in [4.69, 9.17) is 9.47 Å². The number of ether oxygens (including phenoxy) is 2. The molecule has 0 bridgehead atoms. The number of rotatable bonds is 6. The number of piperazine rings is 1. The third-order valence-corrected chi connectivity index (χ3v) is 6.84. The average molecular weight is 430 g/mol. The molecule has 4 rings (SSSR count). The maximum Gasteiger partial charge on any atom is 0.247 e. The largest absolute Gasteiger partial charge is 0.497 e. The number of methoxy groups -OCH3 is 2. The van der Waals surface area contributed by atoms with Gasteiger partial charge in [0.15, 0.2) is 0 Å². The predicted octanol–water partition coefficient (Wildman–Crippen LogP) is 1.68. The zero-order valence-electron chi connectivity index (χ0n) is 18.3. The number of hydrogen-bond donors (Lipinski definition) is 0. The number of carbonyl (C=O) groups is 3. The van der Waals surface area contributed by atoms with Crippen LogP contribution < -0.4 is 9.64 Å². The van der Waals surface area contributed by atoms with Gasteiger partial charge < -0.3 is 24.2 Å². The van der Waals surface area contributed by atoms with Crippen LogP contribution in [0.25, 0.3) is 0 Å². The van der Waals surface area contributed by atoms with Crippen molar-refractivity contribution in [1.29, 1.82) is 0 Å². The molecular weight excluding hydrogens is 398 g/mol. The first-order valence-corrected chi connectivity index (χ1v) is 11.0. The maximum absolute atomic E-state index is 13.3. The van der Waals surface area contributed by atoms with Gasteiger partial charge in [0, 0.05) is 38.9 Å². The average Bonchev–Trinajstić information content (AvgIpc) is 3.38. The number of nitrogens with zero attached hydrogens (tertiary/aromatic N) is 3. The Labute approximate surface area is 183 Å². The molecular formula is C23H31N3O5. The molecule has 8 heteroatoms. The molecule has 3 aliphatic rings. The van der Waals surface area contributed by atoms with Crippen LogP contribution in [0.4, 0.5) is 5.69 Å². The van der Waals surface area contributed by atoms with E-state index in [1.54, 1.807) is 24.0 Å². The monoisotopic (exact) mass is 429 g/mol. The Morgan fingerprint density at radius 1 is 1.10 bits per heavy atom. The smallest absolute Gasteiger partial charge is 0.247 e. The van der Waals surface area contributed by atoms with Crippen LogP contribution in [0.5, 0.6) is 5.75 Å². The van der Waals surface area contributed by atoms with Gasteiger partial charge in [-0.25, -0.2) is 0 Å². The SMILES string of the molecule is COCCN1C[C@@H](C(=O)N2CC(=O)N(c3ccc(OC)cc3)C3(CCCC3)C2)CC1=O. The first-order valence-electron chi connectivity index (χ1n) is 11.0. The molecule has 0 unspecified atom stereocenters. The number of benzene rings is 1. The van der Waals surface area contributed by atoms with E-state index in [0.717, 1.165) is 37.1 Å². The molecule has 2 heterocycles. The maximum atomic E-state index is 13.3. The van der Waals surface area contributed by atoms with Crippen molar-refractivity contribution in [2.45, 2.75) is 37.6 Å². The Kier molecular flexibility index (Phi) is 6.18. The van der Waals surface area contributed by atoms with E-state index in [2.05, 4.69) is 0 Å². The van der Waals surface area contributed by atoms with Gasteiger partial charge in [0.2, 0.25) is 17.7 Å². The summed E-state index contributed by atoms with van der Waals surface area (Å²) < 4.78 is 10.3. The highest BCUT2D eigenvalue weighted by Crippen LogP contribution is 2.42. The number of amides is 3. The van der Waals surface area contributed by atoms with Crippen LogP contribution in [0, 0.1) is 5.92 Å². The van der Waals surface area contributed by atoms with Gasteiger partial charge in [0.05, 0.1) is 25.2 Å².